The average Bonchev–Trinajstić information content (AvgIpc) is 2.48. The van der Waals surface area contributed by atoms with Crippen molar-refractivity contribution < 1.29 is 9.13 Å². The molecule has 1 aromatic heterocycles. The topological polar surface area (TPSA) is 22.1 Å². The van der Waals surface area contributed by atoms with Crippen LogP contribution in [0.1, 0.15) is 11.3 Å². The van der Waals surface area contributed by atoms with Gasteiger partial charge in [0, 0.05) is 22.7 Å². The van der Waals surface area contributed by atoms with Crippen LogP contribution in [0.4, 0.5) is 4.39 Å². The van der Waals surface area contributed by atoms with Crippen LogP contribution in [-0.4, -0.2) is 4.98 Å². The van der Waals surface area contributed by atoms with Crippen LogP contribution in [0, 0.1) is 12.7 Å². The predicted molar refractivity (Wildman–Crippen MR) is 82.2 cm³/mol. The molecule has 2 aromatic carbocycles. The van der Waals surface area contributed by atoms with Gasteiger partial charge in [0.15, 0.2) is 0 Å². The third-order valence-corrected chi connectivity index (χ3v) is 3.52. The Morgan fingerprint density at radius 3 is 2.76 bits per heavy atom. The van der Waals surface area contributed by atoms with Crippen molar-refractivity contribution in [3.05, 3.63) is 70.6 Å². The van der Waals surface area contributed by atoms with Crippen molar-refractivity contribution in [2.24, 2.45) is 0 Å². The predicted octanol–water partition coefficient (Wildman–Crippen LogP) is 4.91. The second kappa shape index (κ2) is 5.70. The molecule has 21 heavy (non-hydrogen) atoms. The molecule has 0 saturated heterocycles. The Kier molecular flexibility index (Phi) is 3.76. The van der Waals surface area contributed by atoms with Crippen molar-refractivity contribution >= 4 is 22.5 Å². The number of fused-ring (bicyclic) bond motifs is 1. The molecule has 0 amide bonds. The average molecular weight is 302 g/mol. The minimum atomic E-state index is -0.482. The molecule has 0 unspecified atom stereocenters. The number of hydrogen-bond donors (Lipinski definition) is 0. The molecule has 0 N–H and O–H groups in total. The van der Waals surface area contributed by atoms with Crippen LogP contribution in [0.2, 0.25) is 5.02 Å². The van der Waals surface area contributed by atoms with Gasteiger partial charge < -0.3 is 4.74 Å². The number of pyridine rings is 1. The molecule has 0 spiro atoms. The first-order valence-electron chi connectivity index (χ1n) is 6.56. The van der Waals surface area contributed by atoms with Crippen molar-refractivity contribution in [3.8, 4) is 5.75 Å². The van der Waals surface area contributed by atoms with Crippen molar-refractivity contribution in [1.29, 1.82) is 0 Å². The third-order valence-electron chi connectivity index (χ3n) is 3.22. The van der Waals surface area contributed by atoms with Gasteiger partial charge in [-0.3, -0.25) is 4.98 Å². The fourth-order valence-electron chi connectivity index (χ4n) is 2.24. The van der Waals surface area contributed by atoms with Crippen molar-refractivity contribution in [3.63, 3.8) is 0 Å². The summed E-state index contributed by atoms with van der Waals surface area (Å²) >= 11 is 5.66. The zero-order chi connectivity index (χ0) is 14.8. The molecule has 1 heterocycles. The normalized spacial score (nSPS) is 10.8. The molecule has 0 aliphatic carbocycles. The Morgan fingerprint density at radius 1 is 1.14 bits per heavy atom. The lowest BCUT2D eigenvalue weighted by Gasteiger charge is -2.10. The number of nitrogens with zero attached hydrogens (tertiary/aromatic N) is 1. The van der Waals surface area contributed by atoms with Crippen LogP contribution in [0.15, 0.2) is 48.5 Å². The van der Waals surface area contributed by atoms with Gasteiger partial charge in [0.1, 0.15) is 18.2 Å². The summed E-state index contributed by atoms with van der Waals surface area (Å²) in [6.45, 7) is 2.29. The highest BCUT2D eigenvalue weighted by molar-refractivity contribution is 6.30. The summed E-state index contributed by atoms with van der Waals surface area (Å²) in [5.41, 5.74) is 2.88. The highest BCUT2D eigenvalue weighted by atomic mass is 35.5. The number of aromatic nitrogens is 1. The molecular formula is C17H13ClFNO. The van der Waals surface area contributed by atoms with Gasteiger partial charge in [-0.15, -0.1) is 0 Å². The number of aryl methyl sites for hydroxylation is 1. The fourth-order valence-corrected chi connectivity index (χ4v) is 2.36. The SMILES string of the molecule is Cc1cc(COc2ccc(Cl)c(F)c2)c2ccccc2n1. The van der Waals surface area contributed by atoms with Crippen molar-refractivity contribution in [1.82, 2.24) is 4.98 Å². The maximum atomic E-state index is 13.4. The van der Waals surface area contributed by atoms with Gasteiger partial charge in [-0.25, -0.2) is 4.39 Å². The molecule has 0 radical (unpaired) electrons. The maximum Gasteiger partial charge on any atom is 0.145 e. The molecule has 0 atom stereocenters. The van der Waals surface area contributed by atoms with E-state index in [1.165, 1.54) is 12.1 Å². The van der Waals surface area contributed by atoms with Crippen LogP contribution in [0.5, 0.6) is 5.75 Å². The summed E-state index contributed by atoms with van der Waals surface area (Å²) in [6, 6.07) is 14.3. The van der Waals surface area contributed by atoms with E-state index in [9.17, 15) is 4.39 Å². The van der Waals surface area contributed by atoms with Gasteiger partial charge in [-0.2, -0.15) is 0 Å². The number of halogens is 2. The Hall–Kier alpha value is -2.13. The molecule has 2 nitrogen and oxygen atoms in total. The lowest BCUT2D eigenvalue weighted by atomic mass is 10.1. The molecule has 0 aliphatic rings. The van der Waals surface area contributed by atoms with E-state index in [0.29, 0.717) is 12.4 Å². The van der Waals surface area contributed by atoms with Crippen LogP contribution in [0.25, 0.3) is 10.9 Å². The Labute approximate surface area is 127 Å². The third kappa shape index (κ3) is 2.98. The van der Waals surface area contributed by atoms with E-state index in [4.69, 9.17) is 16.3 Å². The molecule has 0 bridgehead atoms. The minimum absolute atomic E-state index is 0.0903. The molecule has 0 fully saturated rings. The summed E-state index contributed by atoms with van der Waals surface area (Å²) in [6.07, 6.45) is 0. The first-order valence-corrected chi connectivity index (χ1v) is 6.94. The van der Waals surface area contributed by atoms with E-state index in [1.807, 2.05) is 37.3 Å². The second-order valence-electron chi connectivity index (χ2n) is 4.80. The summed E-state index contributed by atoms with van der Waals surface area (Å²) in [7, 11) is 0. The molecule has 3 aromatic rings. The number of para-hydroxylation sites is 1. The Balaban J connectivity index is 1.89. The van der Waals surface area contributed by atoms with Crippen molar-refractivity contribution in [2.75, 3.05) is 0 Å². The van der Waals surface area contributed by atoms with E-state index >= 15 is 0 Å². The van der Waals surface area contributed by atoms with Crippen LogP contribution < -0.4 is 4.74 Å². The standard InChI is InChI=1S/C17H13ClFNO/c1-11-8-12(14-4-2-3-5-17(14)20-11)10-21-13-6-7-15(18)16(19)9-13/h2-9H,10H2,1H3. The Morgan fingerprint density at radius 2 is 1.95 bits per heavy atom. The summed E-state index contributed by atoms with van der Waals surface area (Å²) in [4.78, 5) is 4.48. The molecule has 4 heteroatoms. The molecular weight excluding hydrogens is 289 g/mol. The second-order valence-corrected chi connectivity index (χ2v) is 5.21. The molecule has 3 rings (SSSR count). The fraction of sp³-hybridized carbons (Fsp3) is 0.118. The van der Waals surface area contributed by atoms with Crippen molar-refractivity contribution in [2.45, 2.75) is 13.5 Å². The van der Waals surface area contributed by atoms with Gasteiger partial charge in [0.2, 0.25) is 0 Å². The monoisotopic (exact) mass is 301 g/mol. The highest BCUT2D eigenvalue weighted by Crippen LogP contribution is 2.23. The van der Waals surface area contributed by atoms with Gasteiger partial charge >= 0.3 is 0 Å². The smallest absolute Gasteiger partial charge is 0.145 e. The van der Waals surface area contributed by atoms with Gasteiger partial charge in [-0.05, 0) is 31.2 Å². The first-order chi connectivity index (χ1) is 10.1. The highest BCUT2D eigenvalue weighted by Gasteiger charge is 2.06. The molecule has 0 saturated carbocycles. The van der Waals surface area contributed by atoms with Gasteiger partial charge in [0.05, 0.1) is 10.5 Å². The van der Waals surface area contributed by atoms with E-state index < -0.39 is 5.82 Å². The van der Waals surface area contributed by atoms with Gasteiger partial charge in [-0.1, -0.05) is 29.8 Å². The quantitative estimate of drug-likeness (QED) is 0.685. The zero-order valence-corrected chi connectivity index (χ0v) is 12.2. The summed E-state index contributed by atoms with van der Waals surface area (Å²) < 4.78 is 19.1. The van der Waals surface area contributed by atoms with E-state index in [0.717, 1.165) is 22.2 Å². The van der Waals surface area contributed by atoms with E-state index in [1.54, 1.807) is 6.07 Å². The first kappa shape index (κ1) is 13.8. The van der Waals surface area contributed by atoms with Crippen LogP contribution in [-0.2, 0) is 6.61 Å². The zero-order valence-electron chi connectivity index (χ0n) is 11.4. The van der Waals surface area contributed by atoms with Crippen LogP contribution >= 0.6 is 11.6 Å². The lowest BCUT2D eigenvalue weighted by Crippen LogP contribution is -1.99. The number of hydrogen-bond acceptors (Lipinski definition) is 2. The number of benzene rings is 2. The Bertz CT molecular complexity index is 804. The van der Waals surface area contributed by atoms with E-state index in [-0.39, 0.29) is 5.02 Å². The van der Waals surface area contributed by atoms with E-state index in [2.05, 4.69) is 4.98 Å². The molecule has 106 valence electrons. The van der Waals surface area contributed by atoms with Crippen LogP contribution in [0.3, 0.4) is 0 Å². The lowest BCUT2D eigenvalue weighted by molar-refractivity contribution is 0.306. The minimum Gasteiger partial charge on any atom is -0.489 e. The number of ether oxygens (including phenoxy) is 1. The number of rotatable bonds is 3. The maximum absolute atomic E-state index is 13.4. The van der Waals surface area contributed by atoms with Gasteiger partial charge in [0.25, 0.3) is 0 Å². The summed E-state index contributed by atoms with van der Waals surface area (Å²) in [5, 5.41) is 1.13. The summed E-state index contributed by atoms with van der Waals surface area (Å²) in [5.74, 6) is -0.0274. The largest absolute Gasteiger partial charge is 0.489 e. The molecule has 0 aliphatic heterocycles.